The third-order valence-electron chi connectivity index (χ3n) is 3.09. The van der Waals surface area contributed by atoms with Gasteiger partial charge in [-0.15, -0.1) is 0 Å². The highest BCUT2D eigenvalue weighted by Gasteiger charge is 2.28. The smallest absolute Gasteiger partial charge is 0.244 e. The van der Waals surface area contributed by atoms with Crippen LogP contribution in [0.4, 0.5) is 5.82 Å². The molecule has 1 N–H and O–H groups in total. The summed E-state index contributed by atoms with van der Waals surface area (Å²) in [5, 5.41) is 3.09. The Hall–Kier alpha value is -0.890. The molecule has 0 amide bonds. The summed E-state index contributed by atoms with van der Waals surface area (Å²) in [6.45, 7) is 4.74. The van der Waals surface area contributed by atoms with Gasteiger partial charge in [0.25, 0.3) is 0 Å². The zero-order chi connectivity index (χ0) is 16.2. The number of hydrogen-bond acceptors (Lipinski definition) is 5. The van der Waals surface area contributed by atoms with Gasteiger partial charge in [0.1, 0.15) is 10.7 Å². The predicted molar refractivity (Wildman–Crippen MR) is 86.4 cm³/mol. The average Bonchev–Trinajstić information content (AvgIpc) is 2.38. The lowest BCUT2D eigenvalue weighted by Crippen LogP contribution is -2.43. The first kappa shape index (κ1) is 18.2. The van der Waals surface area contributed by atoms with Crippen molar-refractivity contribution in [1.82, 2.24) is 14.2 Å². The summed E-state index contributed by atoms with van der Waals surface area (Å²) >= 11 is 6.03. The van der Waals surface area contributed by atoms with Gasteiger partial charge in [0.05, 0.1) is 5.02 Å². The lowest BCUT2D eigenvalue weighted by atomic mass is 10.3. The molecule has 120 valence electrons. The Morgan fingerprint density at radius 2 is 2.05 bits per heavy atom. The fourth-order valence-corrected chi connectivity index (χ4v) is 4.15. The van der Waals surface area contributed by atoms with Gasteiger partial charge in [-0.2, -0.15) is 4.31 Å². The minimum atomic E-state index is -3.61. The van der Waals surface area contributed by atoms with Crippen molar-refractivity contribution in [2.75, 3.05) is 39.5 Å². The first-order valence-corrected chi connectivity index (χ1v) is 8.55. The van der Waals surface area contributed by atoms with Crippen LogP contribution in [0.25, 0.3) is 0 Å². The molecular weight excluding hydrogens is 312 g/mol. The molecule has 0 aliphatic rings. The molecule has 1 atom stereocenters. The quantitative estimate of drug-likeness (QED) is 0.822. The van der Waals surface area contributed by atoms with Gasteiger partial charge < -0.3 is 10.2 Å². The van der Waals surface area contributed by atoms with E-state index in [1.54, 1.807) is 7.05 Å². The fourth-order valence-electron chi connectivity index (χ4n) is 2.22. The van der Waals surface area contributed by atoms with Crippen molar-refractivity contribution in [2.45, 2.75) is 24.8 Å². The number of anilines is 1. The molecule has 0 fully saturated rings. The van der Waals surface area contributed by atoms with Crippen LogP contribution in [0.15, 0.2) is 17.2 Å². The van der Waals surface area contributed by atoms with Crippen LogP contribution in [0.3, 0.4) is 0 Å². The molecule has 1 aromatic heterocycles. The van der Waals surface area contributed by atoms with E-state index in [0.29, 0.717) is 18.9 Å². The van der Waals surface area contributed by atoms with Gasteiger partial charge in [0, 0.05) is 32.4 Å². The Morgan fingerprint density at radius 1 is 1.43 bits per heavy atom. The van der Waals surface area contributed by atoms with E-state index in [1.165, 1.54) is 16.6 Å². The first-order valence-electron chi connectivity index (χ1n) is 6.73. The fraction of sp³-hybridized carbons (Fsp3) is 0.615. The maximum absolute atomic E-state index is 12.7. The maximum atomic E-state index is 12.7. The van der Waals surface area contributed by atoms with Gasteiger partial charge >= 0.3 is 0 Å². The van der Waals surface area contributed by atoms with Gasteiger partial charge in [-0.05, 0) is 27.1 Å². The molecule has 0 aliphatic heterocycles. The van der Waals surface area contributed by atoms with Gasteiger partial charge in [-0.25, -0.2) is 13.4 Å². The zero-order valence-electron chi connectivity index (χ0n) is 13.1. The van der Waals surface area contributed by atoms with Crippen LogP contribution in [-0.2, 0) is 10.0 Å². The molecule has 0 radical (unpaired) electrons. The third-order valence-corrected chi connectivity index (χ3v) is 5.43. The van der Waals surface area contributed by atoms with Crippen LogP contribution in [0.1, 0.15) is 13.8 Å². The number of nitrogens with one attached hydrogen (secondary N) is 1. The van der Waals surface area contributed by atoms with E-state index in [2.05, 4.69) is 10.3 Å². The van der Waals surface area contributed by atoms with E-state index in [-0.39, 0.29) is 16.0 Å². The van der Waals surface area contributed by atoms with Crippen molar-refractivity contribution in [1.29, 1.82) is 0 Å². The molecule has 1 rings (SSSR count). The molecule has 1 heterocycles. The van der Waals surface area contributed by atoms with E-state index < -0.39 is 10.0 Å². The Bertz CT molecular complexity index is 578. The van der Waals surface area contributed by atoms with Crippen LogP contribution in [0.5, 0.6) is 0 Å². The highest BCUT2D eigenvalue weighted by Crippen LogP contribution is 2.25. The molecule has 1 aromatic rings. The highest BCUT2D eigenvalue weighted by atomic mass is 35.5. The number of hydrogen-bond donors (Lipinski definition) is 1. The van der Waals surface area contributed by atoms with E-state index in [4.69, 9.17) is 11.6 Å². The summed E-state index contributed by atoms with van der Waals surface area (Å²) in [6.07, 6.45) is 1.33. The summed E-state index contributed by atoms with van der Waals surface area (Å²) in [6, 6.07) is 1.29. The first-order chi connectivity index (χ1) is 9.73. The number of rotatable bonds is 7. The lowest BCUT2D eigenvalue weighted by Gasteiger charge is -2.29. The Labute approximate surface area is 132 Å². The third kappa shape index (κ3) is 4.29. The highest BCUT2D eigenvalue weighted by molar-refractivity contribution is 7.89. The average molecular weight is 335 g/mol. The molecular formula is C13H23ClN4O2S. The van der Waals surface area contributed by atoms with Crippen LogP contribution >= 0.6 is 11.6 Å². The normalized spacial score (nSPS) is 13.7. The predicted octanol–water partition coefficient (Wildman–Crippen LogP) is 1.74. The van der Waals surface area contributed by atoms with Gasteiger partial charge in [-0.3, -0.25) is 0 Å². The van der Waals surface area contributed by atoms with Crippen LogP contribution in [0, 0.1) is 0 Å². The minimum Gasteiger partial charge on any atom is -0.372 e. The minimum absolute atomic E-state index is 0.110. The van der Waals surface area contributed by atoms with Gasteiger partial charge in [0.2, 0.25) is 10.0 Å². The number of halogens is 1. The largest absolute Gasteiger partial charge is 0.372 e. The van der Waals surface area contributed by atoms with Crippen LogP contribution in [0.2, 0.25) is 5.02 Å². The summed E-state index contributed by atoms with van der Waals surface area (Å²) in [7, 11) is 1.90. The topological polar surface area (TPSA) is 65.5 Å². The second-order valence-electron chi connectivity index (χ2n) is 5.07. The van der Waals surface area contributed by atoms with Crippen molar-refractivity contribution < 1.29 is 8.42 Å². The second-order valence-corrected chi connectivity index (χ2v) is 7.37. The number of pyridine rings is 1. The SMILES string of the molecule is CCN(C(C)CN(C)C)S(=O)(=O)c1cnc(NC)c(Cl)c1. The number of likely N-dealkylation sites (N-methyl/N-ethyl adjacent to an activating group) is 2. The van der Waals surface area contributed by atoms with E-state index in [9.17, 15) is 8.42 Å². The summed E-state index contributed by atoms with van der Waals surface area (Å²) in [5.41, 5.74) is 0. The van der Waals surface area contributed by atoms with Crippen molar-refractivity contribution in [2.24, 2.45) is 0 Å². The number of aromatic nitrogens is 1. The number of nitrogens with zero attached hydrogens (tertiary/aromatic N) is 3. The second kappa shape index (κ2) is 7.40. The summed E-state index contributed by atoms with van der Waals surface area (Å²) in [5.74, 6) is 0.458. The van der Waals surface area contributed by atoms with Crippen molar-refractivity contribution in [3.05, 3.63) is 17.3 Å². The van der Waals surface area contributed by atoms with Crippen LogP contribution < -0.4 is 5.32 Å². The van der Waals surface area contributed by atoms with E-state index in [0.717, 1.165) is 0 Å². The van der Waals surface area contributed by atoms with E-state index >= 15 is 0 Å². The zero-order valence-corrected chi connectivity index (χ0v) is 14.7. The standard InChI is InChI=1S/C13H23ClN4O2S/c1-6-18(10(2)9-17(4)5)21(19,20)11-7-12(14)13(15-3)16-8-11/h7-8,10H,6,9H2,1-5H3,(H,15,16). The molecule has 1 unspecified atom stereocenters. The van der Waals surface area contributed by atoms with E-state index in [1.807, 2.05) is 32.8 Å². The van der Waals surface area contributed by atoms with Crippen molar-refractivity contribution in [3.8, 4) is 0 Å². The monoisotopic (exact) mass is 334 g/mol. The van der Waals surface area contributed by atoms with Crippen LogP contribution in [-0.4, -0.2) is 62.9 Å². The Balaban J connectivity index is 3.15. The molecule has 0 aliphatic carbocycles. The summed E-state index contributed by atoms with van der Waals surface area (Å²) < 4.78 is 26.9. The Morgan fingerprint density at radius 3 is 2.48 bits per heavy atom. The molecule has 0 bridgehead atoms. The molecule has 6 nitrogen and oxygen atoms in total. The Kier molecular flexibility index (Phi) is 6.40. The van der Waals surface area contributed by atoms with Gasteiger partial charge in [-0.1, -0.05) is 18.5 Å². The maximum Gasteiger partial charge on any atom is 0.244 e. The van der Waals surface area contributed by atoms with Crippen molar-refractivity contribution in [3.63, 3.8) is 0 Å². The molecule has 8 heteroatoms. The molecule has 0 aromatic carbocycles. The summed E-state index contributed by atoms with van der Waals surface area (Å²) in [4.78, 5) is 6.11. The molecule has 21 heavy (non-hydrogen) atoms. The van der Waals surface area contributed by atoms with Crippen molar-refractivity contribution >= 4 is 27.4 Å². The number of sulfonamides is 1. The molecule has 0 saturated heterocycles. The molecule has 0 spiro atoms. The van der Waals surface area contributed by atoms with Gasteiger partial charge in [0.15, 0.2) is 0 Å². The lowest BCUT2D eigenvalue weighted by molar-refractivity contribution is 0.271. The molecule has 0 saturated carbocycles.